The summed E-state index contributed by atoms with van der Waals surface area (Å²) >= 11 is 0. The quantitative estimate of drug-likeness (QED) is 0.693. The zero-order valence-electron chi connectivity index (χ0n) is 13.4. The normalized spacial score (nSPS) is 10.8. The van der Waals surface area contributed by atoms with E-state index in [1.807, 2.05) is 24.3 Å². The summed E-state index contributed by atoms with van der Waals surface area (Å²) in [5.74, 6) is 0.583. The number of hydrogen-bond donors (Lipinski definition) is 1. The summed E-state index contributed by atoms with van der Waals surface area (Å²) in [6.07, 6.45) is 1.70. The number of ether oxygens (including phenoxy) is 1. The van der Waals surface area contributed by atoms with Crippen LogP contribution in [0.5, 0.6) is 0 Å². The van der Waals surface area contributed by atoms with Crippen LogP contribution in [0.1, 0.15) is 36.6 Å². The molecule has 8 nitrogen and oxygen atoms in total. The number of hydrogen-bond acceptors (Lipinski definition) is 7. The number of nitrogens with one attached hydrogen (secondary N) is 1. The second-order valence-corrected chi connectivity index (χ2v) is 5.07. The number of aromatic nitrogens is 5. The summed E-state index contributed by atoms with van der Waals surface area (Å²) in [5.41, 5.74) is 2.14. The molecule has 0 atom stereocenters. The highest BCUT2D eigenvalue weighted by molar-refractivity contribution is 5.93. The third-order valence-corrected chi connectivity index (χ3v) is 3.35. The molecule has 2 heterocycles. The second-order valence-electron chi connectivity index (χ2n) is 5.07. The van der Waals surface area contributed by atoms with E-state index < -0.39 is 5.97 Å². The third-order valence-electron chi connectivity index (χ3n) is 3.35. The van der Waals surface area contributed by atoms with Crippen LogP contribution in [0.25, 0.3) is 22.7 Å². The Balaban J connectivity index is 1.84. The van der Waals surface area contributed by atoms with Gasteiger partial charge in [0.25, 0.3) is 0 Å². The first-order valence-corrected chi connectivity index (χ1v) is 7.74. The van der Waals surface area contributed by atoms with Crippen LogP contribution < -0.4 is 0 Å². The number of nitrogens with zero attached hydrogens (tertiary/aromatic N) is 4. The van der Waals surface area contributed by atoms with Gasteiger partial charge in [-0.2, -0.15) is 10.3 Å². The van der Waals surface area contributed by atoms with Crippen molar-refractivity contribution in [2.24, 2.45) is 0 Å². The van der Waals surface area contributed by atoms with Gasteiger partial charge in [-0.25, -0.2) is 4.79 Å². The van der Waals surface area contributed by atoms with Crippen LogP contribution in [0.4, 0.5) is 0 Å². The summed E-state index contributed by atoms with van der Waals surface area (Å²) in [7, 11) is 0. The molecule has 24 heavy (non-hydrogen) atoms. The zero-order valence-corrected chi connectivity index (χ0v) is 13.4. The average molecular weight is 327 g/mol. The maximum atomic E-state index is 11.9. The fourth-order valence-electron chi connectivity index (χ4n) is 2.23. The van der Waals surface area contributed by atoms with Gasteiger partial charge in [-0.1, -0.05) is 19.1 Å². The summed E-state index contributed by atoms with van der Waals surface area (Å²) in [4.78, 5) is 11.9. The van der Waals surface area contributed by atoms with Crippen molar-refractivity contribution in [2.45, 2.75) is 26.7 Å². The lowest BCUT2D eigenvalue weighted by molar-refractivity contribution is 0.0520. The van der Waals surface area contributed by atoms with Crippen molar-refractivity contribution < 1.29 is 13.9 Å². The van der Waals surface area contributed by atoms with E-state index in [1.165, 1.54) is 0 Å². The Morgan fingerprint density at radius 3 is 2.58 bits per heavy atom. The molecule has 3 rings (SSSR count). The Kier molecular flexibility index (Phi) is 4.64. The van der Waals surface area contributed by atoms with Crippen molar-refractivity contribution in [1.29, 1.82) is 0 Å². The molecule has 124 valence electrons. The number of carbonyl (C=O) groups is 1. The molecule has 0 saturated heterocycles. The Bertz CT molecular complexity index is 822. The molecular formula is C16H17N5O3. The molecule has 0 saturated carbocycles. The smallest absolute Gasteiger partial charge is 0.361 e. The zero-order chi connectivity index (χ0) is 16.9. The van der Waals surface area contributed by atoms with Gasteiger partial charge < -0.3 is 9.15 Å². The molecule has 2 aromatic heterocycles. The van der Waals surface area contributed by atoms with E-state index in [0.29, 0.717) is 17.5 Å². The molecule has 0 unspecified atom stereocenters. The van der Waals surface area contributed by atoms with Crippen LogP contribution in [-0.4, -0.2) is 38.2 Å². The van der Waals surface area contributed by atoms with Gasteiger partial charge in [0, 0.05) is 17.5 Å². The number of aryl methyl sites for hydroxylation is 1. The minimum atomic E-state index is -0.508. The van der Waals surface area contributed by atoms with E-state index in [1.54, 1.807) is 6.92 Å². The van der Waals surface area contributed by atoms with Crippen LogP contribution in [0.3, 0.4) is 0 Å². The molecule has 0 spiro atoms. The van der Waals surface area contributed by atoms with Gasteiger partial charge in [-0.15, -0.1) is 15.3 Å². The van der Waals surface area contributed by atoms with E-state index in [4.69, 9.17) is 9.15 Å². The van der Waals surface area contributed by atoms with Crippen LogP contribution in [0.15, 0.2) is 28.7 Å². The lowest BCUT2D eigenvalue weighted by Crippen LogP contribution is -2.06. The van der Waals surface area contributed by atoms with Gasteiger partial charge in [-0.3, -0.25) is 0 Å². The molecule has 0 amide bonds. The molecule has 1 N–H and O–H groups in total. The molecule has 1 aromatic carbocycles. The standard InChI is InChI=1S/C16H17N5O3/c1-3-5-12-17-20-15(24-12)11-8-6-10(7-9-11)13-14(19-21-18-13)16(22)23-4-2/h6-9H,3-5H2,1-2H3,(H,18,19,21). The summed E-state index contributed by atoms with van der Waals surface area (Å²) in [6.45, 7) is 4.07. The Morgan fingerprint density at radius 1 is 1.12 bits per heavy atom. The highest BCUT2D eigenvalue weighted by Gasteiger charge is 2.19. The predicted octanol–water partition coefficient (Wildman–Crippen LogP) is 2.65. The maximum absolute atomic E-state index is 11.9. The maximum Gasteiger partial charge on any atom is 0.361 e. The first-order valence-electron chi connectivity index (χ1n) is 7.74. The predicted molar refractivity (Wildman–Crippen MR) is 85.1 cm³/mol. The highest BCUT2D eigenvalue weighted by Crippen LogP contribution is 2.25. The molecule has 8 heteroatoms. The molecule has 0 fully saturated rings. The number of esters is 1. The van der Waals surface area contributed by atoms with Crippen molar-refractivity contribution in [3.8, 4) is 22.7 Å². The average Bonchev–Trinajstić information content (AvgIpc) is 3.25. The van der Waals surface area contributed by atoms with Gasteiger partial charge in [0.2, 0.25) is 11.8 Å². The number of H-pyrrole nitrogens is 1. The van der Waals surface area contributed by atoms with Crippen molar-refractivity contribution in [1.82, 2.24) is 25.6 Å². The molecule has 3 aromatic rings. The number of aromatic amines is 1. The van der Waals surface area contributed by atoms with Crippen molar-refractivity contribution in [3.63, 3.8) is 0 Å². The molecule has 0 aliphatic heterocycles. The lowest BCUT2D eigenvalue weighted by Gasteiger charge is -2.02. The minimum Gasteiger partial charge on any atom is -0.461 e. The van der Waals surface area contributed by atoms with Gasteiger partial charge in [-0.05, 0) is 25.5 Å². The molecule has 0 aliphatic carbocycles. The molecular weight excluding hydrogens is 310 g/mol. The highest BCUT2D eigenvalue weighted by atomic mass is 16.5. The van der Waals surface area contributed by atoms with Crippen LogP contribution in [0, 0.1) is 0 Å². The topological polar surface area (TPSA) is 107 Å². The minimum absolute atomic E-state index is 0.160. The van der Waals surface area contributed by atoms with E-state index in [0.717, 1.165) is 24.0 Å². The van der Waals surface area contributed by atoms with E-state index in [-0.39, 0.29) is 12.3 Å². The Morgan fingerprint density at radius 2 is 1.88 bits per heavy atom. The number of benzene rings is 1. The number of rotatable bonds is 6. The van der Waals surface area contributed by atoms with E-state index >= 15 is 0 Å². The van der Waals surface area contributed by atoms with Crippen molar-refractivity contribution in [2.75, 3.05) is 6.61 Å². The van der Waals surface area contributed by atoms with Crippen molar-refractivity contribution in [3.05, 3.63) is 35.9 Å². The molecule has 0 aliphatic rings. The van der Waals surface area contributed by atoms with E-state index in [9.17, 15) is 4.79 Å². The Hall–Kier alpha value is -3.03. The first-order chi connectivity index (χ1) is 11.7. The Labute approximate surface area is 138 Å². The summed E-state index contributed by atoms with van der Waals surface area (Å²) in [5, 5.41) is 18.4. The largest absolute Gasteiger partial charge is 0.461 e. The van der Waals surface area contributed by atoms with Gasteiger partial charge >= 0.3 is 5.97 Å². The monoisotopic (exact) mass is 327 g/mol. The first kappa shape index (κ1) is 15.9. The van der Waals surface area contributed by atoms with Gasteiger partial charge in [0.15, 0.2) is 5.69 Å². The second kappa shape index (κ2) is 7.03. The molecule has 0 radical (unpaired) electrons. The van der Waals surface area contributed by atoms with Crippen LogP contribution in [-0.2, 0) is 11.2 Å². The fraction of sp³-hybridized carbons (Fsp3) is 0.312. The van der Waals surface area contributed by atoms with Crippen molar-refractivity contribution >= 4 is 5.97 Å². The van der Waals surface area contributed by atoms with Crippen LogP contribution >= 0.6 is 0 Å². The van der Waals surface area contributed by atoms with Gasteiger partial charge in [0.05, 0.1) is 6.61 Å². The summed E-state index contributed by atoms with van der Waals surface area (Å²) in [6, 6.07) is 7.31. The fourth-order valence-corrected chi connectivity index (χ4v) is 2.23. The lowest BCUT2D eigenvalue weighted by atomic mass is 10.1. The molecule has 0 bridgehead atoms. The van der Waals surface area contributed by atoms with E-state index in [2.05, 4.69) is 32.5 Å². The SMILES string of the molecule is CCCc1nnc(-c2ccc(-c3n[nH]nc3C(=O)OCC)cc2)o1. The number of carbonyl (C=O) groups excluding carboxylic acids is 1. The van der Waals surface area contributed by atoms with Gasteiger partial charge in [0.1, 0.15) is 5.69 Å². The summed E-state index contributed by atoms with van der Waals surface area (Å²) < 4.78 is 10.6. The van der Waals surface area contributed by atoms with Crippen LogP contribution in [0.2, 0.25) is 0 Å². The third kappa shape index (κ3) is 3.17.